The summed E-state index contributed by atoms with van der Waals surface area (Å²) >= 11 is 1.20. The van der Waals surface area contributed by atoms with Gasteiger partial charge in [0.1, 0.15) is 11.5 Å². The molecule has 1 aromatic heterocycles. The monoisotopic (exact) mass is 505 g/mol. The summed E-state index contributed by atoms with van der Waals surface area (Å²) in [5.74, 6) is 1.56. The Bertz CT molecular complexity index is 1360. The van der Waals surface area contributed by atoms with Crippen molar-refractivity contribution in [1.29, 1.82) is 0 Å². The summed E-state index contributed by atoms with van der Waals surface area (Å²) in [5, 5.41) is 22.8. The van der Waals surface area contributed by atoms with Gasteiger partial charge in [0.25, 0.3) is 5.69 Å². The first-order valence-electron chi connectivity index (χ1n) is 10.9. The summed E-state index contributed by atoms with van der Waals surface area (Å²) in [4.78, 5) is 23.0. The summed E-state index contributed by atoms with van der Waals surface area (Å²) in [5.41, 5.74) is 1.07. The number of benzene rings is 3. The molecule has 11 heteroatoms. The van der Waals surface area contributed by atoms with Crippen molar-refractivity contribution < 1.29 is 19.2 Å². The Hall–Kier alpha value is -4.38. The van der Waals surface area contributed by atoms with Crippen LogP contribution in [0, 0.1) is 10.1 Å². The number of nitrogens with zero attached hydrogens (tertiary/aromatic N) is 4. The molecule has 184 valence electrons. The van der Waals surface area contributed by atoms with Gasteiger partial charge in [-0.25, -0.2) is 0 Å². The number of carbonyl (C=O) groups excluding carboxylic acids is 1. The fourth-order valence-corrected chi connectivity index (χ4v) is 4.17. The molecule has 1 atom stereocenters. The summed E-state index contributed by atoms with van der Waals surface area (Å²) in [6, 6.07) is 22.6. The molecular weight excluding hydrogens is 482 g/mol. The second-order valence-electron chi connectivity index (χ2n) is 7.60. The zero-order valence-electron chi connectivity index (χ0n) is 19.5. The minimum atomic E-state index is -0.511. The van der Waals surface area contributed by atoms with E-state index in [1.54, 1.807) is 19.2 Å². The maximum absolute atomic E-state index is 12.6. The van der Waals surface area contributed by atoms with Gasteiger partial charge in [-0.15, -0.1) is 10.2 Å². The fraction of sp³-hybridized carbons (Fsp3) is 0.160. The number of hydrogen-bond acceptors (Lipinski definition) is 8. The van der Waals surface area contributed by atoms with Crippen molar-refractivity contribution in [3.63, 3.8) is 0 Å². The maximum Gasteiger partial charge on any atom is 0.271 e. The summed E-state index contributed by atoms with van der Waals surface area (Å²) < 4.78 is 13.2. The first-order valence-corrected chi connectivity index (χ1v) is 11.9. The third-order valence-corrected chi connectivity index (χ3v) is 5.99. The third kappa shape index (κ3) is 5.99. The van der Waals surface area contributed by atoms with Crippen LogP contribution in [0.15, 0.2) is 84.0 Å². The van der Waals surface area contributed by atoms with Gasteiger partial charge in [-0.3, -0.25) is 19.5 Å². The summed E-state index contributed by atoms with van der Waals surface area (Å²) in [6.45, 7) is 1.87. The van der Waals surface area contributed by atoms with Crippen molar-refractivity contribution in [3.8, 4) is 17.2 Å². The van der Waals surface area contributed by atoms with Gasteiger partial charge in [-0.05, 0) is 37.3 Å². The van der Waals surface area contributed by atoms with Crippen molar-refractivity contribution in [3.05, 3.63) is 94.8 Å². The lowest BCUT2D eigenvalue weighted by Crippen LogP contribution is -2.15. The second kappa shape index (κ2) is 11.4. The van der Waals surface area contributed by atoms with Crippen molar-refractivity contribution in [2.75, 3.05) is 18.2 Å². The number of rotatable bonds is 10. The number of ether oxygens (including phenoxy) is 2. The number of thioether (sulfide) groups is 1. The minimum absolute atomic E-state index is 0.0266. The Labute approximate surface area is 211 Å². The lowest BCUT2D eigenvalue weighted by Gasteiger charge is -2.17. The van der Waals surface area contributed by atoms with Crippen LogP contribution in [0.4, 0.5) is 11.4 Å². The van der Waals surface area contributed by atoms with Gasteiger partial charge in [0.05, 0.1) is 17.8 Å². The molecule has 0 fully saturated rings. The maximum atomic E-state index is 12.6. The van der Waals surface area contributed by atoms with Gasteiger partial charge < -0.3 is 14.8 Å². The van der Waals surface area contributed by atoms with Crippen LogP contribution in [0.3, 0.4) is 0 Å². The third-order valence-electron chi connectivity index (χ3n) is 5.06. The SMILES string of the molecule is COc1cccc(OC(C)c2nnc(SCC(=O)Nc3cccc([N+](=O)[O-])c3)n2-c2ccccc2)c1. The number of aromatic nitrogens is 3. The van der Waals surface area contributed by atoms with Gasteiger partial charge in [-0.2, -0.15) is 0 Å². The molecule has 0 aliphatic heterocycles. The number of methoxy groups -OCH3 is 1. The van der Waals surface area contributed by atoms with E-state index in [-0.39, 0.29) is 17.3 Å². The Morgan fingerprint density at radius 1 is 1.06 bits per heavy atom. The molecule has 1 heterocycles. The average molecular weight is 506 g/mol. The standard InChI is InChI=1S/C25H23N5O5S/c1-17(35-22-13-7-12-21(15-22)34-2)24-27-28-25(29(24)19-9-4-3-5-10-19)36-16-23(31)26-18-8-6-11-20(14-18)30(32)33/h3-15,17H,16H2,1-2H3,(H,26,31). The summed E-state index contributed by atoms with van der Waals surface area (Å²) in [7, 11) is 1.59. The van der Waals surface area contributed by atoms with Gasteiger partial charge >= 0.3 is 0 Å². The molecule has 0 saturated carbocycles. The zero-order valence-corrected chi connectivity index (χ0v) is 20.3. The van der Waals surface area contributed by atoms with Gasteiger partial charge in [-0.1, -0.05) is 42.1 Å². The predicted octanol–water partition coefficient (Wildman–Crippen LogP) is 5.05. The van der Waals surface area contributed by atoms with Crippen LogP contribution < -0.4 is 14.8 Å². The van der Waals surface area contributed by atoms with Crippen molar-refractivity contribution >= 4 is 29.0 Å². The topological polar surface area (TPSA) is 121 Å². The Morgan fingerprint density at radius 2 is 1.81 bits per heavy atom. The zero-order chi connectivity index (χ0) is 25.5. The van der Waals surface area contributed by atoms with E-state index in [4.69, 9.17) is 9.47 Å². The van der Waals surface area contributed by atoms with Crippen LogP contribution in [-0.2, 0) is 4.79 Å². The molecule has 1 N–H and O–H groups in total. The number of hydrogen-bond donors (Lipinski definition) is 1. The van der Waals surface area contributed by atoms with Gasteiger partial charge in [0.2, 0.25) is 5.91 Å². The van der Waals surface area contributed by atoms with E-state index in [1.165, 1.54) is 30.0 Å². The molecular formula is C25H23N5O5S. The smallest absolute Gasteiger partial charge is 0.271 e. The Morgan fingerprint density at radius 3 is 2.56 bits per heavy atom. The highest BCUT2D eigenvalue weighted by Gasteiger charge is 2.22. The number of amides is 1. The van der Waals surface area contributed by atoms with Crippen LogP contribution in [0.25, 0.3) is 5.69 Å². The molecule has 36 heavy (non-hydrogen) atoms. The molecule has 0 radical (unpaired) electrons. The number of non-ortho nitro benzene ring substituents is 1. The van der Waals surface area contributed by atoms with E-state index in [0.29, 0.717) is 28.2 Å². The van der Waals surface area contributed by atoms with Crippen LogP contribution in [0.1, 0.15) is 18.9 Å². The number of nitro groups is 1. The van der Waals surface area contributed by atoms with Crippen molar-refractivity contribution in [2.24, 2.45) is 0 Å². The number of nitro benzene ring substituents is 1. The normalized spacial score (nSPS) is 11.5. The quantitative estimate of drug-likeness (QED) is 0.180. The number of anilines is 1. The van der Waals surface area contributed by atoms with Crippen LogP contribution in [0.5, 0.6) is 11.5 Å². The van der Waals surface area contributed by atoms with E-state index in [9.17, 15) is 14.9 Å². The number of nitrogens with one attached hydrogen (secondary N) is 1. The Balaban J connectivity index is 1.52. The first-order chi connectivity index (χ1) is 17.4. The highest BCUT2D eigenvalue weighted by Crippen LogP contribution is 2.29. The Kier molecular flexibility index (Phi) is 7.81. The lowest BCUT2D eigenvalue weighted by molar-refractivity contribution is -0.384. The minimum Gasteiger partial charge on any atom is -0.497 e. The van der Waals surface area contributed by atoms with Gasteiger partial charge in [0, 0.05) is 29.6 Å². The summed E-state index contributed by atoms with van der Waals surface area (Å²) in [6.07, 6.45) is -0.460. The van der Waals surface area contributed by atoms with E-state index in [1.807, 2.05) is 60.0 Å². The van der Waals surface area contributed by atoms with Crippen LogP contribution in [0.2, 0.25) is 0 Å². The fourth-order valence-electron chi connectivity index (χ4n) is 3.41. The molecule has 0 aliphatic rings. The molecule has 1 unspecified atom stereocenters. The van der Waals surface area contributed by atoms with E-state index in [0.717, 1.165) is 5.69 Å². The molecule has 0 spiro atoms. The van der Waals surface area contributed by atoms with Gasteiger partial charge in [0.15, 0.2) is 17.1 Å². The molecule has 10 nitrogen and oxygen atoms in total. The molecule has 4 rings (SSSR count). The molecule has 0 bridgehead atoms. The van der Waals surface area contributed by atoms with Crippen LogP contribution in [-0.4, -0.2) is 38.5 Å². The molecule has 0 aliphatic carbocycles. The predicted molar refractivity (Wildman–Crippen MR) is 136 cm³/mol. The van der Waals surface area contributed by atoms with Crippen molar-refractivity contribution in [1.82, 2.24) is 14.8 Å². The number of carbonyl (C=O) groups is 1. The molecule has 4 aromatic rings. The van der Waals surface area contributed by atoms with E-state index >= 15 is 0 Å². The highest BCUT2D eigenvalue weighted by atomic mass is 32.2. The lowest BCUT2D eigenvalue weighted by atomic mass is 10.3. The number of para-hydroxylation sites is 1. The molecule has 0 saturated heterocycles. The van der Waals surface area contributed by atoms with E-state index < -0.39 is 11.0 Å². The van der Waals surface area contributed by atoms with Crippen molar-refractivity contribution in [2.45, 2.75) is 18.2 Å². The molecule has 3 aromatic carbocycles. The highest BCUT2D eigenvalue weighted by molar-refractivity contribution is 7.99. The van der Waals surface area contributed by atoms with Crippen LogP contribution >= 0.6 is 11.8 Å². The van der Waals surface area contributed by atoms with E-state index in [2.05, 4.69) is 15.5 Å². The average Bonchev–Trinajstić information content (AvgIpc) is 3.32. The largest absolute Gasteiger partial charge is 0.497 e. The molecule has 1 amide bonds. The second-order valence-corrected chi connectivity index (χ2v) is 8.54. The first kappa shape index (κ1) is 24.7.